The number of nitrogens with zero attached hydrogens (tertiary/aromatic N) is 1. The van der Waals surface area contributed by atoms with E-state index < -0.39 is 28.3 Å². The van der Waals surface area contributed by atoms with Crippen LogP contribution in [0.25, 0.3) is 0 Å². The van der Waals surface area contributed by atoms with Gasteiger partial charge in [0.15, 0.2) is 0 Å². The molecule has 0 saturated heterocycles. The van der Waals surface area contributed by atoms with E-state index in [1.54, 1.807) is 12.1 Å². The fraction of sp³-hybridized carbons (Fsp3) is 0.276. The van der Waals surface area contributed by atoms with Crippen molar-refractivity contribution in [3.05, 3.63) is 114 Å². The normalized spacial score (nSPS) is 18.6. The third kappa shape index (κ3) is 6.65. The molecule has 194 valence electrons. The highest BCUT2D eigenvalue weighted by molar-refractivity contribution is 7.89. The van der Waals surface area contributed by atoms with Crippen LogP contribution in [-0.2, 0) is 27.6 Å². The minimum atomic E-state index is -3.89. The number of amides is 1. The number of hydrogen-bond acceptors (Lipinski definition) is 5. The second-order valence-corrected chi connectivity index (χ2v) is 11.0. The molecule has 0 radical (unpaired) electrons. The van der Waals surface area contributed by atoms with Crippen molar-refractivity contribution < 1.29 is 23.1 Å². The van der Waals surface area contributed by atoms with E-state index in [2.05, 4.69) is 11.9 Å². The van der Waals surface area contributed by atoms with Gasteiger partial charge in [-0.1, -0.05) is 91.5 Å². The number of benzene rings is 3. The van der Waals surface area contributed by atoms with Crippen LogP contribution in [-0.4, -0.2) is 55.8 Å². The first-order valence-corrected chi connectivity index (χ1v) is 13.7. The Kier molecular flexibility index (Phi) is 8.76. The Hall–Kier alpha value is -3.46. The predicted octanol–water partition coefficient (Wildman–Crippen LogP) is 3.90. The van der Waals surface area contributed by atoms with E-state index in [1.807, 2.05) is 72.8 Å². The molecular weight excluding hydrogens is 488 g/mol. The monoisotopic (exact) mass is 520 g/mol. The van der Waals surface area contributed by atoms with Crippen molar-refractivity contribution in [3.63, 3.8) is 0 Å². The summed E-state index contributed by atoms with van der Waals surface area (Å²) >= 11 is 0. The summed E-state index contributed by atoms with van der Waals surface area (Å²) < 4.78 is 34.0. The van der Waals surface area contributed by atoms with Crippen molar-refractivity contribution in [3.8, 4) is 0 Å². The van der Waals surface area contributed by atoms with Crippen LogP contribution in [0.2, 0.25) is 0 Å². The number of hydrogen-bond donors (Lipinski definition) is 2. The van der Waals surface area contributed by atoms with E-state index in [1.165, 1.54) is 10.4 Å². The van der Waals surface area contributed by atoms with Crippen molar-refractivity contribution in [2.75, 3.05) is 19.7 Å². The molecule has 3 aromatic rings. The lowest BCUT2D eigenvalue weighted by Crippen LogP contribution is -2.51. The molecule has 0 bridgehead atoms. The molecule has 37 heavy (non-hydrogen) atoms. The SMILES string of the molecule is C=CCOC(=O)N[C@@H](Cc1ccccc1)[C@H](O)CN1C[C@@H](c2ccccc2)Cc2ccccc2S1(=O)=O. The molecular formula is C29H32N2O5S. The van der Waals surface area contributed by atoms with Gasteiger partial charge in [-0.3, -0.25) is 0 Å². The number of fused-ring (bicyclic) bond motifs is 1. The minimum Gasteiger partial charge on any atom is -0.445 e. The highest BCUT2D eigenvalue weighted by atomic mass is 32.2. The third-order valence-corrected chi connectivity index (χ3v) is 8.47. The van der Waals surface area contributed by atoms with E-state index in [-0.39, 0.29) is 30.5 Å². The van der Waals surface area contributed by atoms with E-state index in [9.17, 15) is 18.3 Å². The van der Waals surface area contributed by atoms with Gasteiger partial charge >= 0.3 is 6.09 Å². The van der Waals surface area contributed by atoms with Gasteiger partial charge in [0.2, 0.25) is 10.0 Å². The Balaban J connectivity index is 1.63. The Morgan fingerprint density at radius 1 is 1.05 bits per heavy atom. The predicted molar refractivity (Wildman–Crippen MR) is 143 cm³/mol. The van der Waals surface area contributed by atoms with Crippen LogP contribution >= 0.6 is 0 Å². The molecule has 1 heterocycles. The fourth-order valence-corrected chi connectivity index (χ4v) is 6.41. The second kappa shape index (κ2) is 12.2. The molecule has 0 aromatic heterocycles. The quantitative estimate of drug-likeness (QED) is 0.417. The number of nitrogens with one attached hydrogen (secondary N) is 1. The Bertz CT molecular complexity index is 1300. The van der Waals surface area contributed by atoms with Crippen LogP contribution in [0, 0.1) is 0 Å². The molecule has 1 aliphatic heterocycles. The number of ether oxygens (including phenoxy) is 1. The van der Waals surface area contributed by atoms with E-state index >= 15 is 0 Å². The summed E-state index contributed by atoms with van der Waals surface area (Å²) in [4.78, 5) is 12.6. The summed E-state index contributed by atoms with van der Waals surface area (Å²) in [5.74, 6) is -0.0927. The maximum Gasteiger partial charge on any atom is 0.407 e. The first-order valence-electron chi connectivity index (χ1n) is 12.3. The smallest absolute Gasteiger partial charge is 0.407 e. The Labute approximate surface area is 218 Å². The molecule has 0 spiro atoms. The lowest BCUT2D eigenvalue weighted by molar-refractivity contribution is 0.0930. The summed E-state index contributed by atoms with van der Waals surface area (Å²) in [6.07, 6.45) is 0.426. The molecule has 0 aliphatic carbocycles. The summed E-state index contributed by atoms with van der Waals surface area (Å²) in [7, 11) is -3.89. The van der Waals surface area contributed by atoms with Crippen LogP contribution < -0.4 is 5.32 Å². The number of carbonyl (C=O) groups excluding carboxylic acids is 1. The molecule has 0 unspecified atom stereocenters. The number of carbonyl (C=O) groups is 1. The maximum absolute atomic E-state index is 13.8. The van der Waals surface area contributed by atoms with Crippen LogP contribution in [0.3, 0.4) is 0 Å². The number of alkyl carbamates (subject to hydrolysis) is 1. The van der Waals surface area contributed by atoms with Gasteiger partial charge in [0.05, 0.1) is 17.0 Å². The lowest BCUT2D eigenvalue weighted by atomic mass is 9.91. The highest BCUT2D eigenvalue weighted by Crippen LogP contribution is 2.33. The van der Waals surface area contributed by atoms with Crippen LogP contribution in [0.4, 0.5) is 4.79 Å². The number of aliphatic hydroxyl groups excluding tert-OH is 1. The lowest BCUT2D eigenvalue weighted by Gasteiger charge is -2.30. The van der Waals surface area contributed by atoms with Crippen molar-refractivity contribution in [2.24, 2.45) is 0 Å². The zero-order valence-electron chi connectivity index (χ0n) is 20.6. The zero-order valence-corrected chi connectivity index (χ0v) is 21.4. The van der Waals surface area contributed by atoms with Gasteiger partial charge in [-0.2, -0.15) is 4.31 Å². The highest BCUT2D eigenvalue weighted by Gasteiger charge is 2.36. The summed E-state index contributed by atoms with van der Waals surface area (Å²) in [6, 6.07) is 25.4. The van der Waals surface area contributed by atoms with Crippen molar-refractivity contribution in [2.45, 2.75) is 35.8 Å². The molecule has 7 nitrogen and oxygen atoms in total. The molecule has 0 saturated carbocycles. The van der Waals surface area contributed by atoms with Gasteiger partial charge in [-0.25, -0.2) is 13.2 Å². The van der Waals surface area contributed by atoms with Crippen molar-refractivity contribution >= 4 is 16.1 Å². The van der Waals surface area contributed by atoms with E-state index in [4.69, 9.17) is 4.74 Å². The number of β-amino-alcohol motifs (C(OH)–C–C–N with tert-alkyl or cyclic N) is 1. The first-order chi connectivity index (χ1) is 17.9. The molecule has 3 atom stereocenters. The largest absolute Gasteiger partial charge is 0.445 e. The average Bonchev–Trinajstić information content (AvgIpc) is 3.02. The van der Waals surface area contributed by atoms with Gasteiger partial charge in [0.1, 0.15) is 6.61 Å². The standard InChI is InChI=1S/C29H32N2O5S/c1-2-17-36-29(33)30-26(18-22-11-5-3-6-12-22)27(32)21-31-20-25(23-13-7-4-8-14-23)19-24-15-9-10-16-28(24)37(31,34)35/h2-16,25-27,32H,1,17-21H2,(H,30,33)/t25-,26-,27+/m0/s1. The zero-order chi connectivity index (χ0) is 26.3. The number of rotatable bonds is 9. The van der Waals surface area contributed by atoms with Gasteiger partial charge in [-0.05, 0) is 35.6 Å². The third-order valence-electron chi connectivity index (χ3n) is 6.54. The van der Waals surface area contributed by atoms with Gasteiger partial charge in [0.25, 0.3) is 0 Å². The first kappa shape index (κ1) is 26.6. The minimum absolute atomic E-state index is 0.0238. The Morgan fingerprint density at radius 3 is 2.41 bits per heavy atom. The van der Waals surface area contributed by atoms with E-state index in [0.717, 1.165) is 16.7 Å². The molecule has 1 aliphatic rings. The summed E-state index contributed by atoms with van der Waals surface area (Å²) in [5.41, 5.74) is 2.67. The number of aliphatic hydroxyl groups is 1. The Morgan fingerprint density at radius 2 is 1.70 bits per heavy atom. The molecule has 1 amide bonds. The van der Waals surface area contributed by atoms with Crippen LogP contribution in [0.15, 0.2) is 102 Å². The number of sulfonamides is 1. The van der Waals surface area contributed by atoms with Crippen LogP contribution in [0.1, 0.15) is 22.6 Å². The van der Waals surface area contributed by atoms with E-state index in [0.29, 0.717) is 12.8 Å². The summed E-state index contributed by atoms with van der Waals surface area (Å²) in [6.45, 7) is 3.59. The molecule has 4 rings (SSSR count). The van der Waals surface area contributed by atoms with Gasteiger partial charge < -0.3 is 15.2 Å². The topological polar surface area (TPSA) is 95.9 Å². The molecule has 0 fully saturated rings. The fourth-order valence-electron chi connectivity index (χ4n) is 4.67. The summed E-state index contributed by atoms with van der Waals surface area (Å²) in [5, 5.41) is 14.0. The molecule has 2 N–H and O–H groups in total. The van der Waals surface area contributed by atoms with Gasteiger partial charge in [-0.15, -0.1) is 0 Å². The molecule has 8 heteroatoms. The second-order valence-electron chi connectivity index (χ2n) is 9.14. The van der Waals surface area contributed by atoms with Gasteiger partial charge in [0, 0.05) is 19.0 Å². The van der Waals surface area contributed by atoms with Crippen molar-refractivity contribution in [1.82, 2.24) is 9.62 Å². The van der Waals surface area contributed by atoms with Crippen molar-refractivity contribution in [1.29, 1.82) is 0 Å². The molecule has 3 aromatic carbocycles. The van der Waals surface area contributed by atoms with Crippen LogP contribution in [0.5, 0.6) is 0 Å². The average molecular weight is 521 g/mol. The maximum atomic E-state index is 13.8.